The molecule has 3 nitrogen and oxygen atoms in total. The van der Waals surface area contributed by atoms with Gasteiger partial charge in [-0.25, -0.2) is 0 Å². The van der Waals surface area contributed by atoms with Crippen LogP contribution in [0.3, 0.4) is 0 Å². The van der Waals surface area contributed by atoms with E-state index in [1.54, 1.807) is 0 Å². The lowest BCUT2D eigenvalue weighted by molar-refractivity contribution is -0.180. The highest BCUT2D eigenvalue weighted by molar-refractivity contribution is 5.77. The molecule has 1 fully saturated rings. The number of esters is 1. The Morgan fingerprint density at radius 2 is 1.95 bits per heavy atom. The number of aromatic nitrogens is 1. The lowest BCUT2D eigenvalue weighted by Gasteiger charge is -2.28. The Morgan fingerprint density at radius 1 is 1.38 bits per heavy atom. The van der Waals surface area contributed by atoms with E-state index in [1.165, 1.54) is 0 Å². The van der Waals surface area contributed by atoms with Crippen LogP contribution in [0.5, 0.6) is 0 Å². The van der Waals surface area contributed by atoms with Crippen LogP contribution in [-0.4, -0.2) is 23.8 Å². The van der Waals surface area contributed by atoms with Gasteiger partial charge in [0.2, 0.25) is 0 Å². The Labute approximate surface area is 122 Å². The third-order valence-electron chi connectivity index (χ3n) is 4.43. The van der Waals surface area contributed by atoms with Crippen LogP contribution in [0.2, 0.25) is 0 Å². The molecule has 0 amide bonds. The maximum Gasteiger partial charge on any atom is 0.390 e. The molecule has 2 atom stereocenters. The summed E-state index contributed by atoms with van der Waals surface area (Å²) in [6, 6.07) is 3.80. The van der Waals surface area contributed by atoms with Crippen LogP contribution in [0, 0.1) is 19.3 Å². The molecule has 0 saturated heterocycles. The van der Waals surface area contributed by atoms with Crippen molar-refractivity contribution in [3.63, 3.8) is 0 Å². The van der Waals surface area contributed by atoms with Gasteiger partial charge in [0.05, 0.1) is 18.9 Å². The Bertz CT molecular complexity index is 516. The summed E-state index contributed by atoms with van der Waals surface area (Å²) >= 11 is 0. The van der Waals surface area contributed by atoms with Gasteiger partial charge in [-0.15, -0.1) is 0 Å². The topological polar surface area (TPSA) is 31.2 Å². The molecule has 21 heavy (non-hydrogen) atoms. The van der Waals surface area contributed by atoms with Crippen molar-refractivity contribution in [3.05, 3.63) is 23.5 Å². The summed E-state index contributed by atoms with van der Waals surface area (Å²) in [6.07, 6.45) is -4.54. The molecule has 118 valence electrons. The molecule has 1 aromatic heterocycles. The van der Waals surface area contributed by atoms with Gasteiger partial charge in [0.1, 0.15) is 0 Å². The summed E-state index contributed by atoms with van der Waals surface area (Å²) in [5, 5.41) is 0. The van der Waals surface area contributed by atoms with Crippen LogP contribution in [0.15, 0.2) is 12.1 Å². The van der Waals surface area contributed by atoms with Crippen LogP contribution in [0.4, 0.5) is 13.2 Å². The third-order valence-corrected chi connectivity index (χ3v) is 4.43. The second-order valence-electron chi connectivity index (χ2n) is 5.95. The van der Waals surface area contributed by atoms with Crippen LogP contribution in [-0.2, 0) is 9.53 Å². The van der Waals surface area contributed by atoms with Crippen molar-refractivity contribution < 1.29 is 22.7 Å². The van der Waals surface area contributed by atoms with Crippen LogP contribution < -0.4 is 0 Å². The molecular weight excluding hydrogens is 283 g/mol. The molecule has 0 N–H and O–H groups in total. The van der Waals surface area contributed by atoms with Gasteiger partial charge in [0, 0.05) is 17.4 Å². The van der Waals surface area contributed by atoms with E-state index in [4.69, 9.17) is 0 Å². The zero-order valence-electron chi connectivity index (χ0n) is 12.5. The first-order valence-electron chi connectivity index (χ1n) is 6.98. The average molecular weight is 303 g/mol. The maximum absolute atomic E-state index is 12.9. The molecule has 0 aromatic carbocycles. The van der Waals surface area contributed by atoms with Crippen LogP contribution in [0.25, 0.3) is 0 Å². The molecule has 0 bridgehead atoms. The lowest BCUT2D eigenvalue weighted by Crippen LogP contribution is -2.35. The number of ether oxygens (including phenoxy) is 1. The minimum Gasteiger partial charge on any atom is -0.469 e. The first-order chi connectivity index (χ1) is 9.68. The predicted octanol–water partition coefficient (Wildman–Crippen LogP) is 3.94. The Kier molecular flexibility index (Phi) is 4.08. The largest absolute Gasteiger partial charge is 0.469 e. The van der Waals surface area contributed by atoms with E-state index < -0.39 is 24.0 Å². The molecule has 0 spiro atoms. The molecule has 1 aliphatic rings. The Balaban J connectivity index is 2.29. The first kappa shape index (κ1) is 15.9. The van der Waals surface area contributed by atoms with Crippen LogP contribution in [0.1, 0.15) is 43.1 Å². The molecular formula is C15H20F3NO2. The summed E-state index contributed by atoms with van der Waals surface area (Å²) in [6.45, 7) is 3.85. The molecule has 1 aromatic rings. The number of methoxy groups -OCH3 is 1. The number of carbonyl (C=O) groups is 1. The van der Waals surface area contributed by atoms with Gasteiger partial charge in [-0.1, -0.05) is 0 Å². The van der Waals surface area contributed by atoms with Gasteiger partial charge in [-0.05, 0) is 45.2 Å². The van der Waals surface area contributed by atoms with Gasteiger partial charge in [-0.3, -0.25) is 4.79 Å². The quantitative estimate of drug-likeness (QED) is 0.792. The third kappa shape index (κ3) is 3.09. The summed E-state index contributed by atoms with van der Waals surface area (Å²) in [5.74, 6) is -0.746. The standard InChI is InChI=1S/C15H20F3NO2/c1-10-4-5-11(2)19(10)12-6-7-14(8-12,13(20)21-3)9-15(16,17)18/h4-5,12H,6-9H2,1-3H3/t12-,14+/m1/s1. The number of aryl methyl sites for hydroxylation is 2. The first-order valence-corrected chi connectivity index (χ1v) is 6.98. The fourth-order valence-corrected chi connectivity index (χ4v) is 3.59. The molecule has 1 aliphatic carbocycles. The molecule has 6 heteroatoms. The molecule has 1 saturated carbocycles. The van der Waals surface area contributed by atoms with E-state index in [9.17, 15) is 18.0 Å². The van der Waals surface area contributed by atoms with Gasteiger partial charge in [-0.2, -0.15) is 13.2 Å². The van der Waals surface area contributed by atoms with E-state index in [0.29, 0.717) is 6.42 Å². The van der Waals surface area contributed by atoms with Gasteiger partial charge >= 0.3 is 12.1 Å². The summed E-state index contributed by atoms with van der Waals surface area (Å²) in [7, 11) is 1.15. The number of alkyl halides is 3. The predicted molar refractivity (Wildman–Crippen MR) is 71.9 cm³/mol. The molecule has 0 unspecified atom stereocenters. The summed E-state index contributed by atoms with van der Waals surface area (Å²) < 4.78 is 45.3. The van der Waals surface area contributed by atoms with Crippen molar-refractivity contribution in [3.8, 4) is 0 Å². The number of rotatable bonds is 3. The fourth-order valence-electron chi connectivity index (χ4n) is 3.59. The molecule has 1 heterocycles. The van der Waals surface area contributed by atoms with E-state index in [1.807, 2.05) is 30.5 Å². The zero-order valence-corrected chi connectivity index (χ0v) is 12.5. The number of hydrogen-bond acceptors (Lipinski definition) is 2. The minimum absolute atomic E-state index is 0.0820. The number of hydrogen-bond donors (Lipinski definition) is 0. The molecule has 0 aliphatic heterocycles. The highest BCUT2D eigenvalue weighted by Crippen LogP contribution is 2.51. The monoisotopic (exact) mass is 303 g/mol. The SMILES string of the molecule is COC(=O)[C@@]1(CC(F)(F)F)CC[C@@H](n2c(C)ccc2C)C1. The Hall–Kier alpha value is -1.46. The molecule has 2 rings (SSSR count). The van der Waals surface area contributed by atoms with Crippen molar-refractivity contribution in [1.82, 2.24) is 4.57 Å². The second kappa shape index (κ2) is 5.39. The van der Waals surface area contributed by atoms with Gasteiger partial charge in [0.15, 0.2) is 0 Å². The van der Waals surface area contributed by atoms with E-state index >= 15 is 0 Å². The van der Waals surface area contributed by atoms with Gasteiger partial charge < -0.3 is 9.30 Å². The highest BCUT2D eigenvalue weighted by Gasteiger charge is 2.53. The summed E-state index contributed by atoms with van der Waals surface area (Å²) in [4.78, 5) is 12.0. The van der Waals surface area contributed by atoms with E-state index in [-0.39, 0.29) is 18.9 Å². The normalized spacial score (nSPS) is 26.1. The van der Waals surface area contributed by atoms with E-state index in [2.05, 4.69) is 4.74 Å². The lowest BCUT2D eigenvalue weighted by atomic mass is 9.82. The maximum atomic E-state index is 12.9. The van der Waals surface area contributed by atoms with Crippen molar-refractivity contribution in [2.45, 2.75) is 51.7 Å². The number of carbonyl (C=O) groups excluding carboxylic acids is 1. The number of nitrogens with zero attached hydrogens (tertiary/aromatic N) is 1. The van der Waals surface area contributed by atoms with Crippen LogP contribution >= 0.6 is 0 Å². The second-order valence-corrected chi connectivity index (χ2v) is 5.95. The minimum atomic E-state index is -4.37. The van der Waals surface area contributed by atoms with Crippen molar-refractivity contribution in [2.75, 3.05) is 7.11 Å². The van der Waals surface area contributed by atoms with Crippen molar-refractivity contribution in [2.24, 2.45) is 5.41 Å². The van der Waals surface area contributed by atoms with E-state index in [0.717, 1.165) is 18.5 Å². The Morgan fingerprint density at radius 3 is 2.43 bits per heavy atom. The van der Waals surface area contributed by atoms with Gasteiger partial charge in [0.25, 0.3) is 0 Å². The summed E-state index contributed by atoms with van der Waals surface area (Å²) in [5.41, 5.74) is 0.566. The molecule has 0 radical (unpaired) electrons. The van der Waals surface area contributed by atoms with Crippen molar-refractivity contribution in [1.29, 1.82) is 0 Å². The zero-order chi connectivity index (χ0) is 15.8. The number of halogens is 3. The highest BCUT2D eigenvalue weighted by atomic mass is 19.4. The van der Waals surface area contributed by atoms with Crippen molar-refractivity contribution >= 4 is 5.97 Å². The smallest absolute Gasteiger partial charge is 0.390 e. The average Bonchev–Trinajstić information content (AvgIpc) is 2.91. The fraction of sp³-hybridized carbons (Fsp3) is 0.667.